The van der Waals surface area contributed by atoms with Gasteiger partial charge in [0.25, 0.3) is 0 Å². The molecule has 4 rings (SSSR count). The van der Waals surface area contributed by atoms with Crippen LogP contribution in [0.25, 0.3) is 10.9 Å². The molecule has 0 saturated carbocycles. The van der Waals surface area contributed by atoms with Crippen molar-refractivity contribution in [2.45, 2.75) is 13.1 Å². The molecule has 188 valence electrons. The highest BCUT2D eigenvalue weighted by Gasteiger charge is 2.20. The number of nitrogens with zero attached hydrogens (tertiary/aromatic N) is 2. The molecule has 1 aliphatic heterocycles. The van der Waals surface area contributed by atoms with Crippen LogP contribution < -0.4 is 14.2 Å². The summed E-state index contributed by atoms with van der Waals surface area (Å²) < 4.78 is 16.4. The van der Waals surface area contributed by atoms with Gasteiger partial charge in [-0.25, -0.2) is 9.59 Å². The number of aliphatic carboxylic acids is 2. The molecule has 2 aromatic carbocycles. The molecular weight excluding hydrogens is 454 g/mol. The maximum absolute atomic E-state index is 9.10. The van der Waals surface area contributed by atoms with Crippen molar-refractivity contribution in [3.63, 3.8) is 0 Å². The van der Waals surface area contributed by atoms with Gasteiger partial charge in [0.05, 0.1) is 21.3 Å². The predicted molar refractivity (Wildman–Crippen MR) is 130 cm³/mol. The zero-order chi connectivity index (χ0) is 25.4. The van der Waals surface area contributed by atoms with Crippen molar-refractivity contribution in [1.82, 2.24) is 14.8 Å². The molecule has 35 heavy (non-hydrogen) atoms. The number of nitrogens with one attached hydrogen (secondary N) is 1. The summed E-state index contributed by atoms with van der Waals surface area (Å²) in [4.78, 5) is 26.6. The van der Waals surface area contributed by atoms with Crippen molar-refractivity contribution in [2.75, 3.05) is 47.5 Å². The first-order valence-electron chi connectivity index (χ1n) is 11.1. The van der Waals surface area contributed by atoms with Crippen LogP contribution in [-0.4, -0.2) is 84.4 Å². The van der Waals surface area contributed by atoms with Gasteiger partial charge in [0, 0.05) is 68.0 Å². The van der Waals surface area contributed by atoms with Crippen molar-refractivity contribution in [1.29, 1.82) is 0 Å². The number of carboxylic acids is 2. The van der Waals surface area contributed by atoms with Gasteiger partial charge in [0.2, 0.25) is 0 Å². The number of piperazine rings is 1. The van der Waals surface area contributed by atoms with Gasteiger partial charge in [-0.15, -0.1) is 0 Å². The number of ether oxygens (including phenoxy) is 3. The van der Waals surface area contributed by atoms with Crippen molar-refractivity contribution in [2.24, 2.45) is 0 Å². The summed E-state index contributed by atoms with van der Waals surface area (Å²) in [5.41, 5.74) is 3.70. The highest BCUT2D eigenvalue weighted by Crippen LogP contribution is 2.35. The molecule has 1 fully saturated rings. The van der Waals surface area contributed by atoms with E-state index < -0.39 is 11.9 Å². The molecule has 0 radical (unpaired) electrons. The second-order valence-corrected chi connectivity index (χ2v) is 8.04. The first-order valence-corrected chi connectivity index (χ1v) is 11.1. The van der Waals surface area contributed by atoms with Crippen LogP contribution in [0, 0.1) is 0 Å². The molecule has 0 amide bonds. The molecular formula is C25H31N3O7. The third-order valence-corrected chi connectivity index (χ3v) is 5.90. The highest BCUT2D eigenvalue weighted by atomic mass is 16.5. The third kappa shape index (κ3) is 6.65. The van der Waals surface area contributed by atoms with Crippen LogP contribution in [-0.2, 0) is 22.7 Å². The Morgan fingerprint density at radius 1 is 0.800 bits per heavy atom. The SMILES string of the molecule is COc1cc(OC)c(OC)cc1CN1CCN(Cc2c[nH]c3ccccc23)CC1.O=C(O)C(=O)O. The Balaban J connectivity index is 0.000000509. The largest absolute Gasteiger partial charge is 0.496 e. The lowest BCUT2D eigenvalue weighted by molar-refractivity contribution is -0.159. The van der Waals surface area contributed by atoms with Gasteiger partial charge in [0.15, 0.2) is 11.5 Å². The molecule has 2 heterocycles. The molecule has 1 saturated heterocycles. The van der Waals surface area contributed by atoms with E-state index in [0.29, 0.717) is 5.75 Å². The molecule has 3 aromatic rings. The van der Waals surface area contributed by atoms with Gasteiger partial charge in [-0.1, -0.05) is 18.2 Å². The van der Waals surface area contributed by atoms with E-state index in [4.69, 9.17) is 34.0 Å². The number of methoxy groups -OCH3 is 3. The summed E-state index contributed by atoms with van der Waals surface area (Å²) in [5, 5.41) is 16.1. The molecule has 0 atom stereocenters. The Kier molecular flexibility index (Phi) is 8.93. The van der Waals surface area contributed by atoms with Gasteiger partial charge in [-0.2, -0.15) is 0 Å². The summed E-state index contributed by atoms with van der Waals surface area (Å²) in [7, 11) is 5.01. The van der Waals surface area contributed by atoms with Crippen molar-refractivity contribution >= 4 is 22.8 Å². The fraction of sp³-hybridized carbons (Fsp3) is 0.360. The Hall–Kier alpha value is -3.76. The van der Waals surface area contributed by atoms with Gasteiger partial charge >= 0.3 is 11.9 Å². The normalized spacial score (nSPS) is 14.1. The maximum Gasteiger partial charge on any atom is 0.414 e. The average molecular weight is 486 g/mol. The van der Waals surface area contributed by atoms with E-state index in [1.165, 1.54) is 16.5 Å². The summed E-state index contributed by atoms with van der Waals surface area (Å²) in [6, 6.07) is 12.4. The Morgan fingerprint density at radius 3 is 1.86 bits per heavy atom. The topological polar surface area (TPSA) is 125 Å². The second-order valence-electron chi connectivity index (χ2n) is 8.04. The van der Waals surface area contributed by atoms with E-state index in [1.807, 2.05) is 12.1 Å². The summed E-state index contributed by atoms with van der Waals surface area (Å²) >= 11 is 0. The van der Waals surface area contributed by atoms with Gasteiger partial charge in [0.1, 0.15) is 5.75 Å². The number of H-pyrrole nitrogens is 1. The van der Waals surface area contributed by atoms with Crippen molar-refractivity contribution in [3.05, 3.63) is 53.7 Å². The Morgan fingerprint density at radius 2 is 1.31 bits per heavy atom. The first kappa shape index (κ1) is 25.9. The van der Waals surface area contributed by atoms with E-state index in [1.54, 1.807) is 21.3 Å². The number of fused-ring (bicyclic) bond motifs is 1. The Labute approximate surface area is 203 Å². The number of benzene rings is 2. The number of para-hydroxylation sites is 1. The number of carbonyl (C=O) groups is 2. The summed E-state index contributed by atoms with van der Waals surface area (Å²) in [6.07, 6.45) is 2.14. The van der Waals surface area contributed by atoms with Crippen LogP contribution >= 0.6 is 0 Å². The zero-order valence-corrected chi connectivity index (χ0v) is 20.1. The fourth-order valence-corrected chi connectivity index (χ4v) is 4.07. The number of aromatic amines is 1. The molecule has 0 spiro atoms. The Bertz CT molecular complexity index is 1140. The van der Waals surface area contributed by atoms with E-state index in [9.17, 15) is 0 Å². The second kappa shape index (κ2) is 12.1. The molecule has 0 bridgehead atoms. The van der Waals surface area contributed by atoms with Crippen molar-refractivity contribution in [3.8, 4) is 17.2 Å². The number of aromatic nitrogens is 1. The molecule has 1 aromatic heterocycles. The van der Waals surface area contributed by atoms with Crippen LogP contribution in [0.15, 0.2) is 42.6 Å². The van der Waals surface area contributed by atoms with Gasteiger partial charge in [-0.05, 0) is 17.7 Å². The van der Waals surface area contributed by atoms with Gasteiger partial charge < -0.3 is 29.4 Å². The first-order chi connectivity index (χ1) is 16.9. The summed E-state index contributed by atoms with van der Waals surface area (Å²) in [6.45, 7) is 5.98. The van der Waals surface area contributed by atoms with Crippen LogP contribution in [0.1, 0.15) is 11.1 Å². The fourth-order valence-electron chi connectivity index (χ4n) is 4.07. The number of rotatable bonds is 7. The highest BCUT2D eigenvalue weighted by molar-refractivity contribution is 6.27. The van der Waals surface area contributed by atoms with E-state index in [0.717, 1.165) is 56.3 Å². The number of hydrogen-bond donors (Lipinski definition) is 3. The zero-order valence-electron chi connectivity index (χ0n) is 20.1. The minimum absolute atomic E-state index is 0.691. The monoisotopic (exact) mass is 485 g/mol. The van der Waals surface area contributed by atoms with Gasteiger partial charge in [-0.3, -0.25) is 9.80 Å². The van der Waals surface area contributed by atoms with Crippen LogP contribution in [0.5, 0.6) is 17.2 Å². The number of carboxylic acid groups (broad SMARTS) is 2. The lowest BCUT2D eigenvalue weighted by atomic mass is 10.1. The predicted octanol–water partition coefficient (Wildman–Crippen LogP) is 2.67. The van der Waals surface area contributed by atoms with E-state index >= 15 is 0 Å². The third-order valence-electron chi connectivity index (χ3n) is 5.90. The van der Waals surface area contributed by atoms with Crippen LogP contribution in [0.2, 0.25) is 0 Å². The molecule has 0 aliphatic carbocycles. The standard InChI is InChI=1S/C23H29N3O3.C2H2O4/c1-27-21-13-23(29-3)22(28-2)12-17(21)15-25-8-10-26(11-9-25)16-18-14-24-20-7-5-4-6-19(18)20;3-1(4)2(5)6/h4-7,12-14,24H,8-11,15-16H2,1-3H3;(H,3,4)(H,5,6). The molecule has 0 unspecified atom stereocenters. The lowest BCUT2D eigenvalue weighted by Gasteiger charge is -2.35. The number of hydrogen-bond acceptors (Lipinski definition) is 7. The van der Waals surface area contributed by atoms with E-state index in [2.05, 4.69) is 45.2 Å². The van der Waals surface area contributed by atoms with E-state index in [-0.39, 0.29) is 0 Å². The lowest BCUT2D eigenvalue weighted by Crippen LogP contribution is -2.45. The quantitative estimate of drug-likeness (QED) is 0.433. The molecule has 10 nitrogen and oxygen atoms in total. The van der Waals surface area contributed by atoms with Crippen molar-refractivity contribution < 1.29 is 34.0 Å². The minimum Gasteiger partial charge on any atom is -0.496 e. The smallest absolute Gasteiger partial charge is 0.414 e. The molecule has 1 aliphatic rings. The van der Waals surface area contributed by atoms with Crippen LogP contribution in [0.3, 0.4) is 0 Å². The summed E-state index contributed by atoms with van der Waals surface area (Å²) in [5.74, 6) is -1.38. The maximum atomic E-state index is 9.10. The average Bonchev–Trinajstić information content (AvgIpc) is 3.28. The minimum atomic E-state index is -1.82. The van der Waals surface area contributed by atoms with Crippen LogP contribution in [0.4, 0.5) is 0 Å². The molecule has 3 N–H and O–H groups in total. The molecule has 10 heteroatoms.